The number of hydrogen-bond acceptors (Lipinski definition) is 2. The van der Waals surface area contributed by atoms with Crippen LogP contribution in [-0.2, 0) is 0 Å². The fourth-order valence-electron chi connectivity index (χ4n) is 2.15. The van der Waals surface area contributed by atoms with Crippen LogP contribution < -0.4 is 5.73 Å². The highest BCUT2D eigenvalue weighted by atomic mass is 19.1. The van der Waals surface area contributed by atoms with Crippen LogP contribution in [0.25, 0.3) is 0 Å². The van der Waals surface area contributed by atoms with E-state index in [1.165, 1.54) is 12.1 Å². The minimum absolute atomic E-state index is 0.0301. The molecule has 0 saturated carbocycles. The molecule has 1 aromatic rings. The van der Waals surface area contributed by atoms with Gasteiger partial charge in [-0.25, -0.2) is 4.39 Å². The number of hydrogen-bond donors (Lipinski definition) is 1. The number of carbonyl (C=O) groups is 1. The van der Waals surface area contributed by atoms with Gasteiger partial charge in [0, 0.05) is 12.0 Å². The van der Waals surface area contributed by atoms with Crippen molar-refractivity contribution < 1.29 is 9.18 Å². The predicted molar refractivity (Wildman–Crippen MR) is 72.2 cm³/mol. The van der Waals surface area contributed by atoms with Crippen LogP contribution in [0.5, 0.6) is 0 Å². The van der Waals surface area contributed by atoms with Crippen molar-refractivity contribution in [2.45, 2.75) is 39.5 Å². The average molecular weight is 251 g/mol. The molecule has 0 bridgehead atoms. The molecule has 100 valence electrons. The summed E-state index contributed by atoms with van der Waals surface area (Å²) in [7, 11) is 0. The van der Waals surface area contributed by atoms with Crippen molar-refractivity contribution in [3.05, 3.63) is 35.1 Å². The minimum Gasteiger partial charge on any atom is -0.330 e. The lowest BCUT2D eigenvalue weighted by atomic mass is 9.93. The van der Waals surface area contributed by atoms with Crippen LogP contribution in [0.4, 0.5) is 4.39 Å². The molecule has 2 N–H and O–H groups in total. The molecule has 0 aliphatic carbocycles. The Hall–Kier alpha value is -1.22. The molecule has 1 atom stereocenters. The van der Waals surface area contributed by atoms with Gasteiger partial charge in [-0.3, -0.25) is 4.79 Å². The van der Waals surface area contributed by atoms with Gasteiger partial charge in [0.2, 0.25) is 0 Å². The summed E-state index contributed by atoms with van der Waals surface area (Å²) in [5.74, 6) is 0.174. The quantitative estimate of drug-likeness (QED) is 0.754. The molecule has 0 saturated heterocycles. The van der Waals surface area contributed by atoms with E-state index >= 15 is 0 Å². The Bertz CT molecular complexity index is 403. The van der Waals surface area contributed by atoms with Crippen LogP contribution in [0, 0.1) is 18.7 Å². The van der Waals surface area contributed by atoms with Crippen molar-refractivity contribution in [1.29, 1.82) is 0 Å². The van der Waals surface area contributed by atoms with Gasteiger partial charge >= 0.3 is 0 Å². The van der Waals surface area contributed by atoms with Crippen LogP contribution in [-0.4, -0.2) is 12.3 Å². The maximum atomic E-state index is 13.1. The Morgan fingerprint density at radius 3 is 2.72 bits per heavy atom. The van der Waals surface area contributed by atoms with Gasteiger partial charge in [0.15, 0.2) is 5.78 Å². The van der Waals surface area contributed by atoms with Crippen LogP contribution >= 0.6 is 0 Å². The Labute approximate surface area is 108 Å². The van der Waals surface area contributed by atoms with Crippen molar-refractivity contribution in [3.8, 4) is 0 Å². The van der Waals surface area contributed by atoms with Crippen molar-refractivity contribution in [1.82, 2.24) is 0 Å². The molecule has 0 heterocycles. The van der Waals surface area contributed by atoms with Gasteiger partial charge in [-0.2, -0.15) is 0 Å². The molecule has 0 amide bonds. The molecule has 0 spiro atoms. The average Bonchev–Trinajstić information content (AvgIpc) is 2.37. The molecule has 0 aromatic heterocycles. The third-order valence-electron chi connectivity index (χ3n) is 3.43. The van der Waals surface area contributed by atoms with Crippen molar-refractivity contribution in [2.24, 2.45) is 11.7 Å². The summed E-state index contributed by atoms with van der Waals surface area (Å²) in [6.45, 7) is 4.60. The highest BCUT2D eigenvalue weighted by Gasteiger charge is 2.13. The summed E-state index contributed by atoms with van der Waals surface area (Å²) in [4.78, 5) is 12.0. The largest absolute Gasteiger partial charge is 0.330 e. The lowest BCUT2D eigenvalue weighted by Gasteiger charge is -2.13. The van der Waals surface area contributed by atoms with Crippen LogP contribution in [0.3, 0.4) is 0 Å². The van der Waals surface area contributed by atoms with Crippen molar-refractivity contribution >= 4 is 5.78 Å². The second-order valence-electron chi connectivity index (χ2n) is 4.77. The van der Waals surface area contributed by atoms with Crippen molar-refractivity contribution in [3.63, 3.8) is 0 Å². The molecule has 0 aliphatic rings. The first kappa shape index (κ1) is 14.8. The maximum absolute atomic E-state index is 13.1. The number of aryl methyl sites for hydroxylation is 1. The van der Waals surface area contributed by atoms with E-state index in [1.54, 1.807) is 6.07 Å². The summed E-state index contributed by atoms with van der Waals surface area (Å²) < 4.78 is 13.1. The van der Waals surface area contributed by atoms with Gasteiger partial charge in [0.1, 0.15) is 5.82 Å². The first-order valence-corrected chi connectivity index (χ1v) is 6.57. The molecule has 1 unspecified atom stereocenters. The van der Waals surface area contributed by atoms with E-state index in [2.05, 4.69) is 6.92 Å². The highest BCUT2D eigenvalue weighted by molar-refractivity contribution is 5.97. The zero-order valence-electron chi connectivity index (χ0n) is 11.2. The molecule has 18 heavy (non-hydrogen) atoms. The first-order valence-electron chi connectivity index (χ1n) is 6.57. The van der Waals surface area contributed by atoms with Crippen molar-refractivity contribution in [2.75, 3.05) is 6.54 Å². The number of Topliss-reactive ketones (excluding diaryl/α,β-unsaturated/α-hetero) is 1. The fourth-order valence-corrected chi connectivity index (χ4v) is 2.15. The van der Waals surface area contributed by atoms with Gasteiger partial charge in [-0.05, 0) is 49.9 Å². The zero-order valence-corrected chi connectivity index (χ0v) is 11.2. The van der Waals surface area contributed by atoms with E-state index in [0.29, 0.717) is 24.4 Å². The lowest BCUT2D eigenvalue weighted by Crippen LogP contribution is -2.11. The highest BCUT2D eigenvalue weighted by Crippen LogP contribution is 2.19. The third-order valence-corrected chi connectivity index (χ3v) is 3.43. The zero-order chi connectivity index (χ0) is 13.5. The maximum Gasteiger partial charge on any atom is 0.163 e. The van der Waals surface area contributed by atoms with Gasteiger partial charge in [0.05, 0.1) is 0 Å². The molecule has 0 aliphatic heterocycles. The number of benzene rings is 1. The number of rotatable bonds is 7. The van der Waals surface area contributed by atoms with E-state index in [9.17, 15) is 9.18 Å². The van der Waals surface area contributed by atoms with E-state index in [1.807, 2.05) is 6.92 Å². The van der Waals surface area contributed by atoms with E-state index < -0.39 is 0 Å². The molecule has 0 radical (unpaired) electrons. The van der Waals surface area contributed by atoms with Crippen LogP contribution in [0.15, 0.2) is 18.2 Å². The monoisotopic (exact) mass is 251 g/mol. The van der Waals surface area contributed by atoms with Gasteiger partial charge in [-0.15, -0.1) is 0 Å². The van der Waals surface area contributed by atoms with Crippen LogP contribution in [0.1, 0.15) is 48.5 Å². The molecule has 3 heteroatoms. The number of halogens is 1. The van der Waals surface area contributed by atoms with Gasteiger partial charge in [-0.1, -0.05) is 19.4 Å². The Morgan fingerprint density at radius 1 is 1.39 bits per heavy atom. The SMILES string of the molecule is CCC(CCN)CCC(=O)c1cc(F)ccc1C. The molecular formula is C15H22FNO. The molecule has 0 fully saturated rings. The molecule has 2 nitrogen and oxygen atoms in total. The molecule has 1 rings (SSSR count). The van der Waals surface area contributed by atoms with E-state index in [4.69, 9.17) is 5.73 Å². The summed E-state index contributed by atoms with van der Waals surface area (Å²) in [6, 6.07) is 4.37. The smallest absolute Gasteiger partial charge is 0.163 e. The Morgan fingerprint density at radius 2 is 2.11 bits per heavy atom. The summed E-state index contributed by atoms with van der Waals surface area (Å²) in [5.41, 5.74) is 6.88. The van der Waals surface area contributed by atoms with Crippen LogP contribution in [0.2, 0.25) is 0 Å². The summed E-state index contributed by atoms with van der Waals surface area (Å²) in [5, 5.41) is 0. The topological polar surface area (TPSA) is 43.1 Å². The standard InChI is InChI=1S/C15H22FNO/c1-3-12(8-9-17)5-7-15(18)14-10-13(16)6-4-11(14)2/h4,6,10,12H,3,5,7-9,17H2,1-2H3. The summed E-state index contributed by atoms with van der Waals surface area (Å²) in [6.07, 6.45) is 3.30. The second-order valence-corrected chi connectivity index (χ2v) is 4.77. The van der Waals surface area contributed by atoms with Gasteiger partial charge in [0.25, 0.3) is 0 Å². The predicted octanol–water partition coefficient (Wildman–Crippen LogP) is 3.47. The van der Waals surface area contributed by atoms with Gasteiger partial charge < -0.3 is 5.73 Å². The minimum atomic E-state index is -0.349. The Balaban J connectivity index is 2.62. The number of carbonyl (C=O) groups excluding carboxylic acids is 1. The molecular weight excluding hydrogens is 229 g/mol. The fraction of sp³-hybridized carbons (Fsp3) is 0.533. The van der Waals surface area contributed by atoms with E-state index in [0.717, 1.165) is 24.8 Å². The molecule has 1 aromatic carbocycles. The third kappa shape index (κ3) is 4.22. The lowest BCUT2D eigenvalue weighted by molar-refractivity contribution is 0.0971. The Kier molecular flexibility index (Phi) is 5.99. The number of nitrogens with two attached hydrogens (primary N) is 1. The normalized spacial score (nSPS) is 12.4. The van der Waals surface area contributed by atoms with E-state index in [-0.39, 0.29) is 11.6 Å². The number of ketones is 1. The second kappa shape index (κ2) is 7.27. The summed E-state index contributed by atoms with van der Waals surface area (Å²) >= 11 is 0. The first-order chi connectivity index (χ1) is 8.58.